The minimum absolute atomic E-state index is 0.560. The second-order valence-corrected chi connectivity index (χ2v) is 4.99. The fourth-order valence-corrected chi connectivity index (χ4v) is 2.48. The van der Waals surface area contributed by atoms with E-state index in [2.05, 4.69) is 15.6 Å². The summed E-state index contributed by atoms with van der Waals surface area (Å²) in [5.74, 6) is 1.71. The zero-order chi connectivity index (χ0) is 13.9. The molecule has 3 aromatic rings. The molecular formula is C16H15ClN2O. The summed E-state index contributed by atoms with van der Waals surface area (Å²) in [6.45, 7) is 3.32. The largest absolute Gasteiger partial charge is 0.490 e. The van der Waals surface area contributed by atoms with Crippen molar-refractivity contribution in [3.63, 3.8) is 0 Å². The Balaban J connectivity index is 1.74. The molecule has 4 heteroatoms. The molecule has 0 bridgehead atoms. The molecule has 20 heavy (non-hydrogen) atoms. The number of ether oxygens (including phenoxy) is 1. The van der Waals surface area contributed by atoms with Crippen molar-refractivity contribution in [3.8, 4) is 5.75 Å². The topological polar surface area (TPSA) is 27.1 Å². The SMILES string of the molecule is Cc1nc2ccccc2n1CCOc1ccccc1Cl. The maximum absolute atomic E-state index is 6.07. The molecule has 2 aromatic carbocycles. The van der Waals surface area contributed by atoms with Crippen LogP contribution in [0.5, 0.6) is 5.75 Å². The molecule has 0 atom stereocenters. The van der Waals surface area contributed by atoms with Crippen molar-refractivity contribution >= 4 is 22.6 Å². The van der Waals surface area contributed by atoms with Gasteiger partial charge in [-0.3, -0.25) is 0 Å². The zero-order valence-corrected chi connectivity index (χ0v) is 12.0. The summed E-state index contributed by atoms with van der Waals surface area (Å²) in [6.07, 6.45) is 0. The van der Waals surface area contributed by atoms with E-state index in [0.29, 0.717) is 11.6 Å². The molecule has 0 saturated heterocycles. The lowest BCUT2D eigenvalue weighted by molar-refractivity contribution is 0.299. The molecule has 1 aromatic heterocycles. The number of aryl methyl sites for hydroxylation is 1. The normalized spacial score (nSPS) is 10.9. The van der Waals surface area contributed by atoms with Crippen LogP contribution < -0.4 is 4.74 Å². The summed E-state index contributed by atoms with van der Waals surface area (Å²) in [4.78, 5) is 4.54. The summed E-state index contributed by atoms with van der Waals surface area (Å²) in [6, 6.07) is 15.6. The Bertz CT molecular complexity index is 736. The van der Waals surface area contributed by atoms with Crippen molar-refractivity contribution in [2.75, 3.05) is 6.61 Å². The number of hydrogen-bond donors (Lipinski definition) is 0. The number of hydrogen-bond acceptors (Lipinski definition) is 2. The highest BCUT2D eigenvalue weighted by Gasteiger charge is 2.06. The maximum Gasteiger partial charge on any atom is 0.137 e. The molecule has 0 aliphatic carbocycles. The Labute approximate surface area is 122 Å². The molecule has 3 nitrogen and oxygen atoms in total. The summed E-state index contributed by atoms with van der Waals surface area (Å²) in [5.41, 5.74) is 2.15. The highest BCUT2D eigenvalue weighted by molar-refractivity contribution is 6.32. The van der Waals surface area contributed by atoms with Crippen LogP contribution >= 0.6 is 11.6 Å². The predicted molar refractivity (Wildman–Crippen MR) is 81.4 cm³/mol. The van der Waals surface area contributed by atoms with E-state index >= 15 is 0 Å². The molecule has 0 N–H and O–H groups in total. The van der Waals surface area contributed by atoms with Gasteiger partial charge in [0.1, 0.15) is 18.2 Å². The van der Waals surface area contributed by atoms with E-state index in [1.165, 1.54) is 0 Å². The average Bonchev–Trinajstić information content (AvgIpc) is 2.77. The maximum atomic E-state index is 6.07. The van der Waals surface area contributed by atoms with E-state index in [0.717, 1.165) is 29.2 Å². The van der Waals surface area contributed by atoms with E-state index in [1.54, 1.807) is 0 Å². The third-order valence-corrected chi connectivity index (χ3v) is 3.57. The van der Waals surface area contributed by atoms with Crippen LogP contribution in [0, 0.1) is 6.92 Å². The van der Waals surface area contributed by atoms with Crippen LogP contribution in [0.4, 0.5) is 0 Å². The van der Waals surface area contributed by atoms with Gasteiger partial charge in [0.25, 0.3) is 0 Å². The molecule has 3 rings (SSSR count). The smallest absolute Gasteiger partial charge is 0.137 e. The van der Waals surface area contributed by atoms with Gasteiger partial charge in [-0.15, -0.1) is 0 Å². The van der Waals surface area contributed by atoms with Crippen molar-refractivity contribution in [1.29, 1.82) is 0 Å². The molecule has 0 radical (unpaired) electrons. The number of nitrogens with zero attached hydrogens (tertiary/aromatic N) is 2. The van der Waals surface area contributed by atoms with E-state index in [1.807, 2.05) is 49.4 Å². The molecule has 0 fully saturated rings. The highest BCUT2D eigenvalue weighted by Crippen LogP contribution is 2.23. The Morgan fingerprint density at radius 3 is 2.70 bits per heavy atom. The molecule has 0 aliphatic heterocycles. The van der Waals surface area contributed by atoms with E-state index in [4.69, 9.17) is 16.3 Å². The standard InChI is InChI=1S/C16H15ClN2O/c1-12-18-14-7-3-4-8-15(14)19(12)10-11-20-16-9-5-2-6-13(16)17/h2-9H,10-11H2,1H3. The van der Waals surface area contributed by atoms with Crippen molar-refractivity contribution < 1.29 is 4.74 Å². The highest BCUT2D eigenvalue weighted by atomic mass is 35.5. The van der Waals surface area contributed by atoms with Crippen LogP contribution in [0.15, 0.2) is 48.5 Å². The van der Waals surface area contributed by atoms with Crippen LogP contribution in [-0.2, 0) is 6.54 Å². The first-order valence-corrected chi connectivity index (χ1v) is 6.93. The van der Waals surface area contributed by atoms with Gasteiger partial charge < -0.3 is 9.30 Å². The first kappa shape index (κ1) is 13.0. The van der Waals surface area contributed by atoms with Gasteiger partial charge in [-0.05, 0) is 31.2 Å². The number of imidazole rings is 1. The third-order valence-electron chi connectivity index (χ3n) is 3.25. The Hall–Kier alpha value is -2.00. The monoisotopic (exact) mass is 286 g/mol. The van der Waals surface area contributed by atoms with Gasteiger partial charge >= 0.3 is 0 Å². The predicted octanol–water partition coefficient (Wildman–Crippen LogP) is 4.08. The molecule has 0 spiro atoms. The van der Waals surface area contributed by atoms with Crippen LogP contribution in [0.2, 0.25) is 5.02 Å². The fourth-order valence-electron chi connectivity index (χ4n) is 2.29. The minimum Gasteiger partial charge on any atom is -0.490 e. The number of halogens is 1. The molecule has 0 amide bonds. The van der Waals surface area contributed by atoms with Gasteiger partial charge in [0, 0.05) is 0 Å². The lowest BCUT2D eigenvalue weighted by Crippen LogP contribution is -2.09. The van der Waals surface area contributed by atoms with E-state index < -0.39 is 0 Å². The molecule has 0 aliphatic rings. The quantitative estimate of drug-likeness (QED) is 0.723. The lowest BCUT2D eigenvalue weighted by atomic mass is 10.3. The third kappa shape index (κ3) is 2.49. The Morgan fingerprint density at radius 2 is 1.85 bits per heavy atom. The zero-order valence-electron chi connectivity index (χ0n) is 11.2. The van der Waals surface area contributed by atoms with Crippen LogP contribution in [0.3, 0.4) is 0 Å². The van der Waals surface area contributed by atoms with Gasteiger partial charge in [-0.1, -0.05) is 35.9 Å². The fraction of sp³-hybridized carbons (Fsp3) is 0.188. The average molecular weight is 287 g/mol. The number of benzene rings is 2. The molecule has 102 valence electrons. The number of aromatic nitrogens is 2. The Morgan fingerprint density at radius 1 is 1.10 bits per heavy atom. The van der Waals surface area contributed by atoms with Crippen molar-refractivity contribution in [1.82, 2.24) is 9.55 Å². The number of para-hydroxylation sites is 3. The van der Waals surface area contributed by atoms with Crippen LogP contribution in [0.25, 0.3) is 11.0 Å². The molecule has 0 unspecified atom stereocenters. The summed E-state index contributed by atoms with van der Waals surface area (Å²) in [7, 11) is 0. The van der Waals surface area contributed by atoms with Crippen molar-refractivity contribution in [3.05, 3.63) is 59.4 Å². The van der Waals surface area contributed by atoms with Gasteiger partial charge in [0.15, 0.2) is 0 Å². The summed E-state index contributed by atoms with van der Waals surface area (Å²) >= 11 is 6.07. The van der Waals surface area contributed by atoms with Gasteiger partial charge in [-0.25, -0.2) is 4.98 Å². The van der Waals surface area contributed by atoms with Gasteiger partial charge in [0.05, 0.1) is 22.6 Å². The first-order chi connectivity index (χ1) is 9.75. The van der Waals surface area contributed by atoms with E-state index in [-0.39, 0.29) is 0 Å². The van der Waals surface area contributed by atoms with Crippen molar-refractivity contribution in [2.45, 2.75) is 13.5 Å². The molecular weight excluding hydrogens is 272 g/mol. The van der Waals surface area contributed by atoms with Crippen LogP contribution in [-0.4, -0.2) is 16.2 Å². The molecule has 1 heterocycles. The summed E-state index contributed by atoms with van der Waals surface area (Å²) in [5, 5.41) is 0.639. The van der Waals surface area contributed by atoms with Crippen LogP contribution in [0.1, 0.15) is 5.82 Å². The second-order valence-electron chi connectivity index (χ2n) is 4.58. The van der Waals surface area contributed by atoms with Gasteiger partial charge in [0.2, 0.25) is 0 Å². The number of fused-ring (bicyclic) bond motifs is 1. The number of rotatable bonds is 4. The van der Waals surface area contributed by atoms with Gasteiger partial charge in [-0.2, -0.15) is 0 Å². The molecule has 0 saturated carbocycles. The van der Waals surface area contributed by atoms with Crippen molar-refractivity contribution in [2.24, 2.45) is 0 Å². The lowest BCUT2D eigenvalue weighted by Gasteiger charge is -2.10. The first-order valence-electron chi connectivity index (χ1n) is 6.55. The van der Waals surface area contributed by atoms with E-state index in [9.17, 15) is 0 Å². The summed E-state index contributed by atoms with van der Waals surface area (Å²) < 4.78 is 7.89. The Kier molecular flexibility index (Phi) is 3.61. The second kappa shape index (κ2) is 5.55. The minimum atomic E-state index is 0.560.